The highest BCUT2D eigenvalue weighted by atomic mass is 32.8. The van der Waals surface area contributed by atoms with Crippen molar-refractivity contribution in [3.63, 3.8) is 0 Å². The molecule has 1 N–H and O–H groups in total. The van der Waals surface area contributed by atoms with E-state index in [1.54, 1.807) is 0 Å². The van der Waals surface area contributed by atoms with Crippen molar-refractivity contribution in [1.29, 1.82) is 0 Å². The number of rotatable bonds is 2. The molecule has 0 saturated carbocycles. The molecule has 0 amide bonds. The summed E-state index contributed by atoms with van der Waals surface area (Å²) in [7, 11) is -3.10. The van der Waals surface area contributed by atoms with Crippen LogP contribution in [0.25, 0.3) is 0 Å². The van der Waals surface area contributed by atoms with Gasteiger partial charge in [0, 0.05) is 16.6 Å². The predicted octanol–water partition coefficient (Wildman–Crippen LogP) is 0.905. The quantitative estimate of drug-likeness (QED) is 0.594. The summed E-state index contributed by atoms with van der Waals surface area (Å²) in [5.41, 5.74) is 0. The molecule has 1 atom stereocenters. The van der Waals surface area contributed by atoms with E-state index in [1.807, 2.05) is 0 Å². The third-order valence-electron chi connectivity index (χ3n) is 0.387. The van der Waals surface area contributed by atoms with Crippen LogP contribution in [0.3, 0.4) is 0 Å². The van der Waals surface area contributed by atoms with Gasteiger partial charge in [-0.2, -0.15) is 0 Å². The Hall–Kier alpha value is -0.190. The van der Waals surface area contributed by atoms with Gasteiger partial charge in [0.05, 0.1) is 0 Å². The maximum absolute atomic E-state index is 10.2. The number of hydrogen-bond donors (Lipinski definition) is 1. The molecule has 0 saturated heterocycles. The highest BCUT2D eigenvalue weighted by Crippen LogP contribution is 1.84. The maximum atomic E-state index is 10.2. The molecule has 0 fully saturated rings. The van der Waals surface area contributed by atoms with Crippen LogP contribution in [0.15, 0.2) is 24.1 Å². The van der Waals surface area contributed by atoms with E-state index in [9.17, 15) is 4.21 Å². The second kappa shape index (κ2) is 2.96. The van der Waals surface area contributed by atoms with E-state index in [2.05, 4.69) is 17.8 Å². The van der Waals surface area contributed by atoms with Gasteiger partial charge in [-0.3, -0.25) is 0 Å². The molecule has 1 unspecified atom stereocenters. The standard InChI is InChI=1S/C4H6O2S2/c1-2-3-4-8(5,6)7/h2-4H,1H2,(H,5,6,7). The van der Waals surface area contributed by atoms with Gasteiger partial charge in [0.15, 0.2) is 8.77 Å². The average molecular weight is 150 g/mol. The van der Waals surface area contributed by atoms with Crippen LogP contribution >= 0.6 is 0 Å². The molecule has 0 bridgehead atoms. The van der Waals surface area contributed by atoms with Crippen molar-refractivity contribution in [3.8, 4) is 0 Å². The summed E-state index contributed by atoms with van der Waals surface area (Å²) in [6.45, 7) is 3.29. The first-order valence-electron chi connectivity index (χ1n) is 1.83. The lowest BCUT2D eigenvalue weighted by atomic mass is 10.6. The Morgan fingerprint density at radius 1 is 1.75 bits per heavy atom. The molecule has 0 aliphatic heterocycles. The zero-order chi connectivity index (χ0) is 6.62. The van der Waals surface area contributed by atoms with E-state index in [1.165, 1.54) is 12.2 Å². The molecule has 0 aliphatic carbocycles. The topological polar surface area (TPSA) is 37.3 Å². The number of allylic oxidation sites excluding steroid dienone is 2. The van der Waals surface area contributed by atoms with Gasteiger partial charge >= 0.3 is 0 Å². The number of hydrogen-bond acceptors (Lipinski definition) is 2. The molecular weight excluding hydrogens is 144 g/mol. The average Bonchev–Trinajstić information content (AvgIpc) is 1.59. The van der Waals surface area contributed by atoms with Crippen LogP contribution in [0.4, 0.5) is 0 Å². The monoisotopic (exact) mass is 150 g/mol. The Labute approximate surface area is 53.4 Å². The maximum Gasteiger partial charge on any atom is 0.164 e. The van der Waals surface area contributed by atoms with Gasteiger partial charge in [-0.05, 0) is 0 Å². The van der Waals surface area contributed by atoms with Crippen molar-refractivity contribution < 1.29 is 8.76 Å². The normalized spacial score (nSPS) is 18.1. The zero-order valence-corrected chi connectivity index (χ0v) is 5.74. The van der Waals surface area contributed by atoms with Crippen LogP contribution in [0.5, 0.6) is 0 Å². The van der Waals surface area contributed by atoms with Crippen LogP contribution in [-0.4, -0.2) is 8.76 Å². The summed E-state index contributed by atoms with van der Waals surface area (Å²) in [6, 6.07) is 0. The molecule has 0 aromatic rings. The van der Waals surface area contributed by atoms with Crippen LogP contribution in [0.1, 0.15) is 0 Å². The second-order valence-electron chi connectivity index (χ2n) is 1.08. The van der Waals surface area contributed by atoms with Gasteiger partial charge in [-0.15, -0.1) is 0 Å². The van der Waals surface area contributed by atoms with Crippen molar-refractivity contribution in [2.24, 2.45) is 0 Å². The van der Waals surface area contributed by atoms with Gasteiger partial charge in [-0.25, -0.2) is 4.21 Å². The smallest absolute Gasteiger partial charge is 0.164 e. The van der Waals surface area contributed by atoms with Gasteiger partial charge in [0.25, 0.3) is 0 Å². The molecule has 0 aromatic heterocycles. The Balaban J connectivity index is 4.12. The Morgan fingerprint density at radius 2 is 2.25 bits per heavy atom. The molecule has 0 aromatic carbocycles. The summed E-state index contributed by atoms with van der Waals surface area (Å²) in [4.78, 5) is 0. The van der Waals surface area contributed by atoms with E-state index >= 15 is 0 Å². The largest absolute Gasteiger partial charge is 0.302 e. The van der Waals surface area contributed by atoms with Crippen LogP contribution in [-0.2, 0) is 20.0 Å². The fourth-order valence-corrected chi connectivity index (χ4v) is 0.657. The first-order valence-corrected chi connectivity index (χ1v) is 4.33. The molecular formula is C4H6O2S2. The molecule has 0 heterocycles. The first kappa shape index (κ1) is 7.81. The van der Waals surface area contributed by atoms with Crippen molar-refractivity contribution in [3.05, 3.63) is 24.1 Å². The lowest BCUT2D eigenvalue weighted by Gasteiger charge is -1.81. The molecule has 8 heavy (non-hydrogen) atoms. The fraction of sp³-hybridized carbons (Fsp3) is 0. The summed E-state index contributed by atoms with van der Waals surface area (Å²) in [6.07, 6.45) is 2.73. The van der Waals surface area contributed by atoms with E-state index in [-0.39, 0.29) is 0 Å². The molecule has 4 heteroatoms. The van der Waals surface area contributed by atoms with Crippen molar-refractivity contribution in [1.82, 2.24) is 0 Å². The van der Waals surface area contributed by atoms with E-state index in [4.69, 9.17) is 4.55 Å². The minimum absolute atomic E-state index is 1.02. The lowest BCUT2D eigenvalue weighted by Crippen LogP contribution is -1.85. The molecule has 2 nitrogen and oxygen atoms in total. The SMILES string of the molecule is C=CC=CS(=O)(O)=S. The van der Waals surface area contributed by atoms with Crippen LogP contribution < -0.4 is 0 Å². The highest BCUT2D eigenvalue weighted by molar-refractivity contribution is 8.31. The van der Waals surface area contributed by atoms with Gasteiger partial charge in [0.1, 0.15) is 0 Å². The molecule has 0 spiro atoms. The van der Waals surface area contributed by atoms with Crippen molar-refractivity contribution in [2.45, 2.75) is 0 Å². The highest BCUT2D eigenvalue weighted by Gasteiger charge is 1.85. The second-order valence-corrected chi connectivity index (χ2v) is 3.81. The summed E-state index contributed by atoms with van der Waals surface area (Å²) in [5, 5.41) is 1.02. The van der Waals surface area contributed by atoms with Crippen LogP contribution in [0.2, 0.25) is 0 Å². The molecule has 46 valence electrons. The Morgan fingerprint density at radius 3 is 2.38 bits per heavy atom. The zero-order valence-electron chi connectivity index (χ0n) is 4.11. The fourth-order valence-electron chi connectivity index (χ4n) is 0.155. The van der Waals surface area contributed by atoms with E-state index < -0.39 is 8.77 Å². The summed E-state index contributed by atoms with van der Waals surface area (Å²) >= 11 is 4.10. The minimum atomic E-state index is -3.10. The van der Waals surface area contributed by atoms with Crippen molar-refractivity contribution in [2.75, 3.05) is 0 Å². The van der Waals surface area contributed by atoms with E-state index in [0.717, 1.165) is 5.41 Å². The van der Waals surface area contributed by atoms with Crippen molar-refractivity contribution >= 4 is 20.0 Å². The minimum Gasteiger partial charge on any atom is -0.302 e. The predicted molar refractivity (Wildman–Crippen MR) is 37.5 cm³/mol. The van der Waals surface area contributed by atoms with Gasteiger partial charge < -0.3 is 4.55 Å². The Bertz CT molecular complexity index is 188. The van der Waals surface area contributed by atoms with Crippen LogP contribution in [0, 0.1) is 0 Å². The summed E-state index contributed by atoms with van der Waals surface area (Å²) < 4.78 is 18.5. The molecule has 0 radical (unpaired) electrons. The third-order valence-corrected chi connectivity index (χ3v) is 1.22. The lowest BCUT2D eigenvalue weighted by molar-refractivity contribution is 0.571. The Kier molecular flexibility index (Phi) is 2.89. The molecule has 0 rings (SSSR count). The molecule has 0 aliphatic rings. The van der Waals surface area contributed by atoms with Gasteiger partial charge in [-0.1, -0.05) is 18.7 Å². The van der Waals surface area contributed by atoms with E-state index in [0.29, 0.717) is 0 Å². The third kappa shape index (κ3) is 5.81. The summed E-state index contributed by atoms with van der Waals surface area (Å²) in [5.74, 6) is 0. The first-order chi connectivity index (χ1) is 3.56. The van der Waals surface area contributed by atoms with Gasteiger partial charge in [0.2, 0.25) is 0 Å².